The second-order valence-corrected chi connectivity index (χ2v) is 6.58. The highest BCUT2D eigenvalue weighted by atomic mass is 16.3. The van der Waals surface area contributed by atoms with Crippen molar-refractivity contribution in [1.29, 1.82) is 5.26 Å². The van der Waals surface area contributed by atoms with Gasteiger partial charge in [-0.1, -0.05) is 0 Å². The summed E-state index contributed by atoms with van der Waals surface area (Å²) in [6.07, 6.45) is 5.69. The molecular formula is C18H19N7O. The van der Waals surface area contributed by atoms with Crippen molar-refractivity contribution in [2.24, 2.45) is 0 Å². The largest absolute Gasteiger partial charge is 0.507 e. The zero-order chi connectivity index (χ0) is 18.1. The predicted octanol–water partition coefficient (Wildman–Crippen LogP) is 1.87. The van der Waals surface area contributed by atoms with Gasteiger partial charge in [-0.2, -0.15) is 5.26 Å². The topological polar surface area (TPSA) is 102 Å². The van der Waals surface area contributed by atoms with Crippen LogP contribution in [0.3, 0.4) is 0 Å². The van der Waals surface area contributed by atoms with Gasteiger partial charge in [0.15, 0.2) is 17.3 Å². The molecule has 0 aliphatic carbocycles. The molecule has 4 rings (SSSR count). The smallest absolute Gasteiger partial charge is 0.192 e. The van der Waals surface area contributed by atoms with Gasteiger partial charge < -0.3 is 15.3 Å². The Bertz CT molecular complexity index is 991. The van der Waals surface area contributed by atoms with Crippen LogP contribution in [0, 0.1) is 11.3 Å². The number of nitrogens with zero attached hydrogens (tertiary/aromatic N) is 6. The van der Waals surface area contributed by atoms with E-state index in [0.717, 1.165) is 25.9 Å². The average molecular weight is 349 g/mol. The Morgan fingerprint density at radius 3 is 3.00 bits per heavy atom. The Morgan fingerprint density at radius 2 is 2.23 bits per heavy atom. The molecule has 1 saturated heterocycles. The highest BCUT2D eigenvalue weighted by Crippen LogP contribution is 2.30. The van der Waals surface area contributed by atoms with Crippen LogP contribution in [-0.4, -0.2) is 55.8 Å². The van der Waals surface area contributed by atoms with Gasteiger partial charge in [-0.15, -0.1) is 10.2 Å². The molecule has 8 nitrogen and oxygen atoms in total. The fraction of sp³-hybridized carbons (Fsp3) is 0.333. The molecule has 132 valence electrons. The van der Waals surface area contributed by atoms with Crippen molar-refractivity contribution in [3.05, 3.63) is 36.2 Å². The summed E-state index contributed by atoms with van der Waals surface area (Å²) in [6, 6.07) is 7.04. The van der Waals surface area contributed by atoms with Crippen LogP contribution in [0.25, 0.3) is 17.0 Å². The number of aromatic nitrogens is 4. The second kappa shape index (κ2) is 6.61. The van der Waals surface area contributed by atoms with E-state index in [0.29, 0.717) is 34.5 Å². The van der Waals surface area contributed by atoms with Gasteiger partial charge in [-0.05, 0) is 44.6 Å². The molecule has 8 heteroatoms. The van der Waals surface area contributed by atoms with Gasteiger partial charge in [0.1, 0.15) is 5.75 Å². The predicted molar refractivity (Wildman–Crippen MR) is 96.7 cm³/mol. The number of hydrogen-bond acceptors (Lipinski definition) is 7. The SMILES string of the molecule is CN1CCC[C@@H](Nc2nnc(-c3ccc(C#N)cc3O)n3ccnc23)C1. The van der Waals surface area contributed by atoms with E-state index in [1.165, 1.54) is 6.07 Å². The molecule has 2 N–H and O–H groups in total. The van der Waals surface area contributed by atoms with E-state index >= 15 is 0 Å². The molecule has 0 amide bonds. The molecule has 2 aromatic heterocycles. The zero-order valence-corrected chi connectivity index (χ0v) is 14.4. The zero-order valence-electron chi connectivity index (χ0n) is 14.4. The highest BCUT2D eigenvalue weighted by Gasteiger charge is 2.20. The maximum absolute atomic E-state index is 10.3. The summed E-state index contributed by atoms with van der Waals surface area (Å²) < 4.78 is 1.79. The molecule has 0 bridgehead atoms. The first-order valence-electron chi connectivity index (χ1n) is 8.54. The van der Waals surface area contributed by atoms with Crippen LogP contribution in [-0.2, 0) is 0 Å². The quantitative estimate of drug-likeness (QED) is 0.744. The molecule has 0 radical (unpaired) electrons. The van der Waals surface area contributed by atoms with Gasteiger partial charge in [-0.3, -0.25) is 4.40 Å². The lowest BCUT2D eigenvalue weighted by Gasteiger charge is -2.30. The molecule has 3 aromatic rings. The number of imidazole rings is 1. The van der Waals surface area contributed by atoms with E-state index in [9.17, 15) is 5.11 Å². The summed E-state index contributed by atoms with van der Waals surface area (Å²) in [5.41, 5.74) is 1.55. The number of rotatable bonds is 3. The second-order valence-electron chi connectivity index (χ2n) is 6.58. The molecule has 26 heavy (non-hydrogen) atoms. The van der Waals surface area contributed by atoms with Crippen molar-refractivity contribution in [3.63, 3.8) is 0 Å². The molecule has 3 heterocycles. The first-order chi connectivity index (χ1) is 12.7. The van der Waals surface area contributed by atoms with Gasteiger partial charge in [-0.25, -0.2) is 4.98 Å². The molecule has 0 saturated carbocycles. The number of phenolic OH excluding ortho intramolecular Hbond substituents is 1. The minimum absolute atomic E-state index is 0.0111. The number of phenols is 1. The monoisotopic (exact) mass is 349 g/mol. The van der Waals surface area contributed by atoms with Crippen LogP contribution in [0.2, 0.25) is 0 Å². The minimum Gasteiger partial charge on any atom is -0.507 e. The van der Waals surface area contributed by atoms with Crippen molar-refractivity contribution in [3.8, 4) is 23.2 Å². The highest BCUT2D eigenvalue weighted by molar-refractivity contribution is 5.71. The maximum atomic E-state index is 10.3. The standard InChI is InChI=1S/C18H19N7O/c1-24-7-2-3-13(11-24)21-16-18-20-6-8-25(18)17(23-22-16)14-5-4-12(10-19)9-15(14)26/h4-6,8-9,13,26H,2-3,7,11H2,1H3,(H,21,22)/t13-/m1/s1. The van der Waals surface area contributed by atoms with Crippen molar-refractivity contribution in [1.82, 2.24) is 24.5 Å². The van der Waals surface area contributed by atoms with E-state index in [-0.39, 0.29) is 5.75 Å². The summed E-state index contributed by atoms with van der Waals surface area (Å²) in [5, 5.41) is 31.3. The number of likely N-dealkylation sites (tertiary alicyclic amines) is 1. The van der Waals surface area contributed by atoms with Gasteiger partial charge in [0.25, 0.3) is 0 Å². The number of anilines is 1. The summed E-state index contributed by atoms with van der Waals surface area (Å²) in [5.74, 6) is 1.10. The molecule has 1 aliphatic rings. The van der Waals surface area contributed by atoms with E-state index < -0.39 is 0 Å². The lowest BCUT2D eigenvalue weighted by atomic mass is 10.1. The van der Waals surface area contributed by atoms with Gasteiger partial charge >= 0.3 is 0 Å². The Kier molecular flexibility index (Phi) is 4.14. The summed E-state index contributed by atoms with van der Waals surface area (Å²) in [6.45, 7) is 2.06. The number of likely N-dealkylation sites (N-methyl/N-ethyl adjacent to an activating group) is 1. The fourth-order valence-corrected chi connectivity index (χ4v) is 3.38. The minimum atomic E-state index is -0.0111. The average Bonchev–Trinajstić information content (AvgIpc) is 3.13. The van der Waals surface area contributed by atoms with Crippen LogP contribution in [0.5, 0.6) is 5.75 Å². The normalized spacial score (nSPS) is 17.9. The third-order valence-electron chi connectivity index (χ3n) is 4.66. The molecule has 1 aromatic carbocycles. The lowest BCUT2D eigenvalue weighted by molar-refractivity contribution is 0.260. The van der Waals surface area contributed by atoms with Gasteiger partial charge in [0.2, 0.25) is 0 Å². The van der Waals surface area contributed by atoms with Crippen LogP contribution in [0.15, 0.2) is 30.6 Å². The fourth-order valence-electron chi connectivity index (χ4n) is 3.38. The third kappa shape index (κ3) is 2.93. The Balaban J connectivity index is 1.71. The van der Waals surface area contributed by atoms with E-state index in [4.69, 9.17) is 5.26 Å². The molecule has 1 atom stereocenters. The van der Waals surface area contributed by atoms with Crippen molar-refractivity contribution >= 4 is 11.5 Å². The summed E-state index contributed by atoms with van der Waals surface area (Å²) in [4.78, 5) is 6.70. The summed E-state index contributed by atoms with van der Waals surface area (Å²) >= 11 is 0. The van der Waals surface area contributed by atoms with Crippen molar-refractivity contribution in [2.45, 2.75) is 18.9 Å². The first kappa shape index (κ1) is 16.3. The van der Waals surface area contributed by atoms with E-state index in [1.54, 1.807) is 28.9 Å². The third-order valence-corrected chi connectivity index (χ3v) is 4.66. The molecular weight excluding hydrogens is 330 g/mol. The van der Waals surface area contributed by atoms with E-state index in [2.05, 4.69) is 32.4 Å². The Hall–Kier alpha value is -3.18. The Morgan fingerprint density at radius 1 is 1.35 bits per heavy atom. The summed E-state index contributed by atoms with van der Waals surface area (Å²) in [7, 11) is 2.11. The van der Waals surface area contributed by atoms with Crippen LogP contribution in [0.1, 0.15) is 18.4 Å². The lowest BCUT2D eigenvalue weighted by Crippen LogP contribution is -2.40. The molecule has 0 unspecified atom stereocenters. The van der Waals surface area contributed by atoms with Gasteiger partial charge in [0.05, 0.1) is 17.2 Å². The Labute approximate surface area is 150 Å². The number of hydrogen-bond donors (Lipinski definition) is 2. The van der Waals surface area contributed by atoms with Crippen LogP contribution < -0.4 is 5.32 Å². The number of piperidine rings is 1. The van der Waals surface area contributed by atoms with Crippen molar-refractivity contribution in [2.75, 3.05) is 25.5 Å². The maximum Gasteiger partial charge on any atom is 0.192 e. The number of aromatic hydroxyl groups is 1. The first-order valence-corrected chi connectivity index (χ1v) is 8.54. The molecule has 0 spiro atoms. The number of fused-ring (bicyclic) bond motifs is 1. The van der Waals surface area contributed by atoms with Crippen LogP contribution in [0.4, 0.5) is 5.82 Å². The van der Waals surface area contributed by atoms with E-state index in [1.807, 2.05) is 6.07 Å². The number of benzene rings is 1. The number of nitriles is 1. The van der Waals surface area contributed by atoms with Crippen LogP contribution >= 0.6 is 0 Å². The van der Waals surface area contributed by atoms with Crippen molar-refractivity contribution < 1.29 is 5.11 Å². The van der Waals surface area contributed by atoms with Gasteiger partial charge in [0, 0.05) is 25.0 Å². The molecule has 1 fully saturated rings. The number of nitrogens with one attached hydrogen (secondary N) is 1. The molecule has 1 aliphatic heterocycles.